The molecule has 6 aromatic carbocycles. The fraction of sp³-hybridized carbons (Fsp3) is 0.159. The van der Waals surface area contributed by atoms with E-state index in [-0.39, 0.29) is 5.97 Å². The van der Waals surface area contributed by atoms with Crippen molar-refractivity contribution in [2.45, 2.75) is 45.9 Å². The standard InChI is InChI=1S/C44H38N2O3/c1-4-33-24-29(2)22-23-38(33)45-39-20-13-21-40-41(39)44(36-19-12-11-18-35(36)43(47)49-44)37-26-34(25-30(3)42(37)48-40)46(27-31-14-7-5-8-15-31)28-32-16-9-6-10-17-32/h5-26,45H,4,27-28H2,1-3H3. The van der Waals surface area contributed by atoms with Gasteiger partial charge in [-0.05, 0) is 78.9 Å². The molecule has 49 heavy (non-hydrogen) atoms. The number of nitrogens with zero attached hydrogens (tertiary/aromatic N) is 1. The van der Waals surface area contributed by atoms with Crippen LogP contribution in [0.5, 0.6) is 11.5 Å². The Morgan fingerprint density at radius 3 is 2.10 bits per heavy atom. The summed E-state index contributed by atoms with van der Waals surface area (Å²) in [7, 11) is 0. The van der Waals surface area contributed by atoms with Crippen LogP contribution in [-0.2, 0) is 29.8 Å². The zero-order chi connectivity index (χ0) is 33.5. The number of hydrogen-bond donors (Lipinski definition) is 1. The second-order valence-corrected chi connectivity index (χ2v) is 13.0. The van der Waals surface area contributed by atoms with E-state index < -0.39 is 5.60 Å². The number of hydrogen-bond acceptors (Lipinski definition) is 5. The van der Waals surface area contributed by atoms with Crippen LogP contribution in [0.2, 0.25) is 0 Å². The summed E-state index contributed by atoms with van der Waals surface area (Å²) in [4.78, 5) is 16.2. The molecule has 6 aromatic rings. The van der Waals surface area contributed by atoms with Crippen molar-refractivity contribution in [1.82, 2.24) is 0 Å². The molecule has 0 amide bonds. The summed E-state index contributed by atoms with van der Waals surface area (Å²) in [6, 6.07) is 45.6. The SMILES string of the molecule is CCc1cc(C)ccc1Nc1cccc2c1C1(OC(=O)c3ccccc31)c1cc(N(Cc3ccccc3)Cc3ccccc3)cc(C)c1O2. The van der Waals surface area contributed by atoms with Gasteiger partial charge in [0.05, 0.1) is 22.4 Å². The minimum atomic E-state index is -1.23. The second kappa shape index (κ2) is 12.3. The normalized spacial score (nSPS) is 15.5. The van der Waals surface area contributed by atoms with Gasteiger partial charge in [0.15, 0.2) is 5.60 Å². The fourth-order valence-electron chi connectivity index (χ4n) is 7.39. The number of aryl methyl sites for hydroxylation is 3. The second-order valence-electron chi connectivity index (χ2n) is 13.0. The van der Waals surface area contributed by atoms with Crippen molar-refractivity contribution in [2.75, 3.05) is 10.2 Å². The number of rotatable bonds is 8. The van der Waals surface area contributed by atoms with Crippen LogP contribution in [0.3, 0.4) is 0 Å². The molecule has 2 aliphatic rings. The van der Waals surface area contributed by atoms with Gasteiger partial charge in [-0.15, -0.1) is 0 Å². The molecule has 0 aromatic heterocycles. The highest BCUT2D eigenvalue weighted by atomic mass is 16.6. The van der Waals surface area contributed by atoms with E-state index in [0.29, 0.717) is 30.2 Å². The average Bonchev–Trinajstić information content (AvgIpc) is 3.42. The van der Waals surface area contributed by atoms with E-state index in [1.54, 1.807) is 0 Å². The largest absolute Gasteiger partial charge is 0.456 e. The Bertz CT molecular complexity index is 2150. The third-order valence-corrected chi connectivity index (χ3v) is 9.71. The molecule has 1 spiro atoms. The lowest BCUT2D eigenvalue weighted by molar-refractivity contribution is 0.0226. The fourth-order valence-corrected chi connectivity index (χ4v) is 7.39. The van der Waals surface area contributed by atoms with Crippen molar-refractivity contribution in [3.8, 4) is 11.5 Å². The third kappa shape index (κ3) is 5.32. The smallest absolute Gasteiger partial charge is 0.340 e. The first kappa shape index (κ1) is 30.5. The topological polar surface area (TPSA) is 50.8 Å². The van der Waals surface area contributed by atoms with Gasteiger partial charge in [-0.2, -0.15) is 0 Å². The minimum Gasteiger partial charge on any atom is -0.456 e. The van der Waals surface area contributed by atoms with Gasteiger partial charge >= 0.3 is 5.97 Å². The summed E-state index contributed by atoms with van der Waals surface area (Å²) in [5.41, 5.74) is 10.4. The lowest BCUT2D eigenvalue weighted by Gasteiger charge is -2.39. The van der Waals surface area contributed by atoms with E-state index in [0.717, 1.165) is 45.7 Å². The van der Waals surface area contributed by atoms with Crippen LogP contribution in [0.1, 0.15) is 61.8 Å². The molecular weight excluding hydrogens is 604 g/mol. The monoisotopic (exact) mass is 642 g/mol. The number of anilines is 3. The molecule has 5 heteroatoms. The molecule has 1 unspecified atom stereocenters. The molecule has 1 atom stereocenters. The van der Waals surface area contributed by atoms with E-state index in [2.05, 4.69) is 116 Å². The first-order chi connectivity index (χ1) is 23.9. The zero-order valence-corrected chi connectivity index (χ0v) is 28.0. The highest BCUT2D eigenvalue weighted by Crippen LogP contribution is 2.59. The Labute approximate surface area is 287 Å². The van der Waals surface area contributed by atoms with E-state index >= 15 is 0 Å². The first-order valence-electron chi connectivity index (χ1n) is 16.9. The Morgan fingerprint density at radius 2 is 1.39 bits per heavy atom. The molecule has 0 bridgehead atoms. The van der Waals surface area contributed by atoms with Crippen molar-refractivity contribution in [2.24, 2.45) is 0 Å². The van der Waals surface area contributed by atoms with Crippen LogP contribution in [0.4, 0.5) is 17.1 Å². The van der Waals surface area contributed by atoms with Gasteiger partial charge in [-0.1, -0.05) is 110 Å². The zero-order valence-electron chi connectivity index (χ0n) is 28.0. The van der Waals surface area contributed by atoms with Crippen molar-refractivity contribution in [3.63, 3.8) is 0 Å². The van der Waals surface area contributed by atoms with Crippen LogP contribution in [0.25, 0.3) is 0 Å². The van der Waals surface area contributed by atoms with Gasteiger partial charge in [0.1, 0.15) is 11.5 Å². The van der Waals surface area contributed by atoms with Gasteiger partial charge in [0.2, 0.25) is 0 Å². The number of nitrogens with one attached hydrogen (secondary N) is 1. The van der Waals surface area contributed by atoms with E-state index in [4.69, 9.17) is 9.47 Å². The molecule has 242 valence electrons. The number of carbonyl (C=O) groups is 1. The first-order valence-corrected chi connectivity index (χ1v) is 16.9. The molecular formula is C44H38N2O3. The van der Waals surface area contributed by atoms with Crippen LogP contribution in [0.15, 0.2) is 133 Å². The van der Waals surface area contributed by atoms with Crippen molar-refractivity contribution >= 4 is 23.0 Å². The van der Waals surface area contributed by atoms with Crippen molar-refractivity contribution in [1.29, 1.82) is 0 Å². The number of esters is 1. The molecule has 8 rings (SSSR count). The number of ether oxygens (including phenoxy) is 2. The predicted molar refractivity (Wildman–Crippen MR) is 196 cm³/mol. The maximum absolute atomic E-state index is 13.9. The van der Waals surface area contributed by atoms with Crippen LogP contribution >= 0.6 is 0 Å². The number of carbonyl (C=O) groups excluding carboxylic acids is 1. The van der Waals surface area contributed by atoms with E-state index in [1.165, 1.54) is 22.3 Å². The molecule has 2 aliphatic heterocycles. The maximum atomic E-state index is 13.9. The maximum Gasteiger partial charge on any atom is 0.340 e. The Morgan fingerprint density at radius 1 is 0.694 bits per heavy atom. The molecule has 0 saturated heterocycles. The molecule has 0 saturated carbocycles. The van der Waals surface area contributed by atoms with E-state index in [9.17, 15) is 4.79 Å². The Balaban J connectivity index is 1.34. The number of benzene rings is 6. The summed E-state index contributed by atoms with van der Waals surface area (Å²) < 4.78 is 13.5. The van der Waals surface area contributed by atoms with Crippen LogP contribution < -0.4 is 15.0 Å². The lowest BCUT2D eigenvalue weighted by Crippen LogP contribution is -2.34. The van der Waals surface area contributed by atoms with Crippen molar-refractivity contribution < 1.29 is 14.3 Å². The molecule has 0 aliphatic carbocycles. The molecule has 2 heterocycles. The van der Waals surface area contributed by atoms with Crippen molar-refractivity contribution in [3.05, 3.63) is 184 Å². The summed E-state index contributed by atoms with van der Waals surface area (Å²) in [5, 5.41) is 3.74. The predicted octanol–water partition coefficient (Wildman–Crippen LogP) is 10.4. The lowest BCUT2D eigenvalue weighted by atomic mass is 9.76. The van der Waals surface area contributed by atoms with Gasteiger partial charge < -0.3 is 19.7 Å². The van der Waals surface area contributed by atoms with Gasteiger partial charge in [-0.3, -0.25) is 0 Å². The van der Waals surface area contributed by atoms with Gasteiger partial charge in [-0.25, -0.2) is 4.79 Å². The number of fused-ring (bicyclic) bond motifs is 6. The van der Waals surface area contributed by atoms with Crippen LogP contribution in [0, 0.1) is 13.8 Å². The minimum absolute atomic E-state index is 0.345. The quantitative estimate of drug-likeness (QED) is 0.168. The summed E-state index contributed by atoms with van der Waals surface area (Å²) in [6.45, 7) is 7.76. The average molecular weight is 643 g/mol. The molecule has 0 radical (unpaired) electrons. The summed E-state index contributed by atoms with van der Waals surface area (Å²) in [6.07, 6.45) is 0.878. The van der Waals surface area contributed by atoms with E-state index in [1.807, 2.05) is 48.5 Å². The summed E-state index contributed by atoms with van der Waals surface area (Å²) in [5.74, 6) is 1.03. The molecule has 1 N–H and O–H groups in total. The highest BCUT2D eigenvalue weighted by Gasteiger charge is 2.55. The molecule has 5 nitrogen and oxygen atoms in total. The van der Waals surface area contributed by atoms with Gasteiger partial charge in [0.25, 0.3) is 0 Å². The summed E-state index contributed by atoms with van der Waals surface area (Å²) >= 11 is 0. The Kier molecular flexibility index (Phi) is 7.68. The highest BCUT2D eigenvalue weighted by molar-refractivity contribution is 5.98. The molecule has 0 fully saturated rings. The third-order valence-electron chi connectivity index (χ3n) is 9.71. The Hall–Kier alpha value is -5.81. The van der Waals surface area contributed by atoms with Gasteiger partial charge in [0, 0.05) is 30.0 Å². The van der Waals surface area contributed by atoms with Crippen LogP contribution in [-0.4, -0.2) is 5.97 Å².